The van der Waals surface area contributed by atoms with Crippen LogP contribution in [0.5, 0.6) is 0 Å². The molecule has 0 N–H and O–H groups in total. The Balaban J connectivity index is 2.55. The number of fused-ring (bicyclic) bond motifs is 1. The minimum atomic E-state index is -3.54. The van der Waals surface area contributed by atoms with Crippen molar-refractivity contribution < 1.29 is 8.42 Å². The Bertz CT molecular complexity index is 681. The number of hydrogen-bond donors (Lipinski definition) is 0. The van der Waals surface area contributed by atoms with Crippen molar-refractivity contribution >= 4 is 32.4 Å². The fourth-order valence-corrected chi connectivity index (χ4v) is 3.70. The molecule has 0 saturated heterocycles. The first-order valence-electron chi connectivity index (χ1n) is 5.86. The third kappa shape index (κ3) is 2.88. The molecule has 4 nitrogen and oxygen atoms in total. The molecule has 0 saturated carbocycles. The van der Waals surface area contributed by atoms with E-state index in [-0.39, 0.29) is 16.8 Å². The van der Waals surface area contributed by atoms with E-state index in [1.807, 2.05) is 6.07 Å². The third-order valence-corrected chi connectivity index (χ3v) is 4.86. The molecule has 0 aliphatic rings. The fourth-order valence-electron chi connectivity index (χ4n) is 1.94. The molecule has 1 aromatic heterocycles. The third-order valence-electron chi connectivity index (χ3n) is 2.84. The minimum absolute atomic E-state index is 0.239. The number of sulfonamides is 1. The van der Waals surface area contributed by atoms with Crippen LogP contribution in [0.1, 0.15) is 6.92 Å². The Morgan fingerprint density at radius 2 is 2.11 bits per heavy atom. The normalized spacial score (nSPS) is 13.9. The summed E-state index contributed by atoms with van der Waals surface area (Å²) in [5.41, 5.74) is 0. The average molecular weight is 299 g/mol. The van der Waals surface area contributed by atoms with Crippen LogP contribution in [0.2, 0.25) is 0 Å². The maximum absolute atomic E-state index is 12.5. The quantitative estimate of drug-likeness (QED) is 0.815. The Kier molecular flexibility index (Phi) is 4.08. The first-order chi connectivity index (χ1) is 8.93. The number of rotatable bonds is 4. The second-order valence-corrected chi connectivity index (χ2v) is 7.18. The zero-order valence-electron chi connectivity index (χ0n) is 10.7. The molecule has 0 aliphatic heterocycles. The lowest BCUT2D eigenvalue weighted by molar-refractivity contribution is 0.471. The van der Waals surface area contributed by atoms with Crippen molar-refractivity contribution in [2.75, 3.05) is 13.6 Å². The van der Waals surface area contributed by atoms with Gasteiger partial charge in [0.05, 0.1) is 4.90 Å². The molecule has 19 heavy (non-hydrogen) atoms. The predicted octanol–water partition coefficient (Wildman–Crippen LogP) is 2.48. The fraction of sp³-hybridized carbons (Fsp3) is 0.308. The van der Waals surface area contributed by atoms with Crippen LogP contribution in [-0.2, 0) is 10.0 Å². The lowest BCUT2D eigenvalue weighted by Crippen LogP contribution is -2.31. The molecule has 2 aromatic rings. The van der Waals surface area contributed by atoms with Crippen molar-refractivity contribution in [3.8, 4) is 0 Å². The summed E-state index contributed by atoms with van der Waals surface area (Å²) < 4.78 is 26.3. The summed E-state index contributed by atoms with van der Waals surface area (Å²) >= 11 is 5.87. The van der Waals surface area contributed by atoms with Crippen molar-refractivity contribution in [2.45, 2.75) is 17.2 Å². The van der Waals surface area contributed by atoms with E-state index in [1.165, 1.54) is 11.4 Å². The second-order valence-electron chi connectivity index (χ2n) is 4.42. The number of hydrogen-bond acceptors (Lipinski definition) is 3. The van der Waals surface area contributed by atoms with Gasteiger partial charge in [-0.25, -0.2) is 8.42 Å². The van der Waals surface area contributed by atoms with E-state index in [9.17, 15) is 8.42 Å². The van der Waals surface area contributed by atoms with Gasteiger partial charge in [-0.15, -0.1) is 11.6 Å². The molecule has 6 heteroatoms. The average Bonchev–Trinajstić information content (AvgIpc) is 2.37. The number of alkyl halides is 1. The minimum Gasteiger partial charge on any atom is -0.264 e. The van der Waals surface area contributed by atoms with Crippen LogP contribution < -0.4 is 0 Å². The topological polar surface area (TPSA) is 50.3 Å². The monoisotopic (exact) mass is 298 g/mol. The van der Waals surface area contributed by atoms with Crippen LogP contribution in [0.3, 0.4) is 0 Å². The van der Waals surface area contributed by atoms with Gasteiger partial charge >= 0.3 is 0 Å². The van der Waals surface area contributed by atoms with Gasteiger partial charge in [-0.1, -0.05) is 12.1 Å². The van der Waals surface area contributed by atoms with E-state index in [1.54, 1.807) is 37.5 Å². The van der Waals surface area contributed by atoms with Crippen molar-refractivity contribution in [3.63, 3.8) is 0 Å². The lowest BCUT2D eigenvalue weighted by Gasteiger charge is -2.19. The molecule has 1 heterocycles. The van der Waals surface area contributed by atoms with Gasteiger partial charge in [0.15, 0.2) is 0 Å². The van der Waals surface area contributed by atoms with E-state index in [4.69, 9.17) is 11.6 Å². The summed E-state index contributed by atoms with van der Waals surface area (Å²) in [6.45, 7) is 2.03. The summed E-state index contributed by atoms with van der Waals surface area (Å²) in [6.07, 6.45) is 3.24. The summed E-state index contributed by atoms with van der Waals surface area (Å²) in [7, 11) is -2.00. The van der Waals surface area contributed by atoms with E-state index in [0.717, 1.165) is 5.39 Å². The largest absolute Gasteiger partial charge is 0.264 e. The van der Waals surface area contributed by atoms with Crippen molar-refractivity contribution in [1.82, 2.24) is 9.29 Å². The van der Waals surface area contributed by atoms with Crippen LogP contribution in [0.15, 0.2) is 41.6 Å². The van der Waals surface area contributed by atoms with Gasteiger partial charge in [-0.3, -0.25) is 4.98 Å². The van der Waals surface area contributed by atoms with Crippen LogP contribution in [0.4, 0.5) is 0 Å². The molecule has 0 amide bonds. The highest BCUT2D eigenvalue weighted by Crippen LogP contribution is 2.24. The van der Waals surface area contributed by atoms with Crippen LogP contribution in [0.25, 0.3) is 10.8 Å². The summed E-state index contributed by atoms with van der Waals surface area (Å²) in [5, 5.41) is 1.24. The van der Waals surface area contributed by atoms with Gasteiger partial charge in [0.25, 0.3) is 0 Å². The van der Waals surface area contributed by atoms with Crippen LogP contribution >= 0.6 is 11.6 Å². The molecule has 0 fully saturated rings. The molecule has 0 bridgehead atoms. The predicted molar refractivity (Wildman–Crippen MR) is 76.9 cm³/mol. The first kappa shape index (κ1) is 14.2. The number of nitrogens with zero attached hydrogens (tertiary/aromatic N) is 2. The molecule has 1 atom stereocenters. The number of aromatic nitrogens is 1. The molecular formula is C13H15ClN2O2S. The van der Waals surface area contributed by atoms with E-state index in [2.05, 4.69) is 4.98 Å². The maximum Gasteiger partial charge on any atom is 0.243 e. The van der Waals surface area contributed by atoms with Gasteiger partial charge in [0, 0.05) is 42.1 Å². The SMILES string of the molecule is CC(Cl)CN(C)S(=O)(=O)c1cccc2cnccc12. The molecule has 0 spiro atoms. The Labute approximate surface area is 118 Å². The van der Waals surface area contributed by atoms with Crippen LogP contribution in [0, 0.1) is 0 Å². The van der Waals surface area contributed by atoms with Gasteiger partial charge < -0.3 is 0 Å². The lowest BCUT2D eigenvalue weighted by atomic mass is 10.2. The molecule has 0 aliphatic carbocycles. The van der Waals surface area contributed by atoms with E-state index >= 15 is 0 Å². The Morgan fingerprint density at radius 1 is 1.37 bits per heavy atom. The van der Waals surface area contributed by atoms with Crippen molar-refractivity contribution in [3.05, 3.63) is 36.7 Å². The smallest absolute Gasteiger partial charge is 0.243 e. The van der Waals surface area contributed by atoms with Gasteiger partial charge in [0.2, 0.25) is 10.0 Å². The molecule has 102 valence electrons. The van der Waals surface area contributed by atoms with E-state index < -0.39 is 10.0 Å². The zero-order valence-corrected chi connectivity index (χ0v) is 12.3. The highest BCUT2D eigenvalue weighted by Gasteiger charge is 2.23. The van der Waals surface area contributed by atoms with Crippen molar-refractivity contribution in [1.29, 1.82) is 0 Å². The number of pyridine rings is 1. The molecular weight excluding hydrogens is 284 g/mol. The summed E-state index contributed by atoms with van der Waals surface area (Å²) in [6, 6.07) is 6.87. The Hall–Kier alpha value is -1.17. The Morgan fingerprint density at radius 3 is 2.79 bits per heavy atom. The second kappa shape index (κ2) is 5.45. The number of halogens is 1. The van der Waals surface area contributed by atoms with Gasteiger partial charge in [-0.2, -0.15) is 4.31 Å². The highest BCUT2D eigenvalue weighted by molar-refractivity contribution is 7.89. The van der Waals surface area contributed by atoms with E-state index in [0.29, 0.717) is 5.39 Å². The highest BCUT2D eigenvalue weighted by atomic mass is 35.5. The maximum atomic E-state index is 12.5. The summed E-state index contributed by atoms with van der Waals surface area (Å²) in [4.78, 5) is 4.28. The molecule has 2 rings (SSSR count). The number of benzene rings is 1. The zero-order chi connectivity index (χ0) is 14.0. The summed E-state index contributed by atoms with van der Waals surface area (Å²) in [5.74, 6) is 0. The van der Waals surface area contributed by atoms with Gasteiger partial charge in [0.1, 0.15) is 0 Å². The molecule has 1 unspecified atom stereocenters. The first-order valence-corrected chi connectivity index (χ1v) is 7.73. The molecule has 0 radical (unpaired) electrons. The van der Waals surface area contributed by atoms with Gasteiger partial charge in [-0.05, 0) is 19.1 Å². The molecule has 1 aromatic carbocycles. The van der Waals surface area contributed by atoms with Crippen molar-refractivity contribution in [2.24, 2.45) is 0 Å². The standard InChI is InChI=1S/C13H15ClN2O2S/c1-10(14)9-16(2)19(17,18)13-5-3-4-11-8-15-7-6-12(11)13/h3-8,10H,9H2,1-2H3. The van der Waals surface area contributed by atoms with Crippen LogP contribution in [-0.4, -0.2) is 36.7 Å².